The molecule has 0 saturated heterocycles. The van der Waals surface area contributed by atoms with E-state index in [-0.39, 0.29) is 5.91 Å². The van der Waals surface area contributed by atoms with E-state index in [1.807, 2.05) is 24.3 Å². The molecule has 1 aliphatic heterocycles. The van der Waals surface area contributed by atoms with Crippen LogP contribution in [0.25, 0.3) is 0 Å². The summed E-state index contributed by atoms with van der Waals surface area (Å²) in [7, 11) is 0. The predicted molar refractivity (Wildman–Crippen MR) is 75.3 cm³/mol. The van der Waals surface area contributed by atoms with Crippen molar-refractivity contribution in [1.29, 1.82) is 0 Å². The average molecular weight is 269 g/mol. The van der Waals surface area contributed by atoms with Gasteiger partial charge in [-0.1, -0.05) is 18.2 Å². The lowest BCUT2D eigenvalue weighted by atomic mass is 10.1. The van der Waals surface area contributed by atoms with Crippen molar-refractivity contribution in [2.24, 2.45) is 0 Å². The van der Waals surface area contributed by atoms with Gasteiger partial charge >= 0.3 is 0 Å². The maximum Gasteiger partial charge on any atom is 0.258 e. The summed E-state index contributed by atoms with van der Waals surface area (Å²) in [5, 5.41) is 0. The molecule has 0 fully saturated rings. The second-order valence-electron chi connectivity index (χ2n) is 4.66. The predicted octanol–water partition coefficient (Wildman–Crippen LogP) is 1.70. The van der Waals surface area contributed by atoms with Crippen molar-refractivity contribution in [3.63, 3.8) is 0 Å². The van der Waals surface area contributed by atoms with Gasteiger partial charge in [-0.2, -0.15) is 0 Å². The van der Waals surface area contributed by atoms with Crippen molar-refractivity contribution in [1.82, 2.24) is 9.88 Å². The highest BCUT2D eigenvalue weighted by atomic mass is 16.5. The molecule has 2 N–H and O–H groups in total. The number of carbonyl (C=O) groups excluding carboxylic acids is 1. The Morgan fingerprint density at radius 3 is 2.90 bits per heavy atom. The lowest BCUT2D eigenvalue weighted by Crippen LogP contribution is -2.31. The first-order valence-corrected chi connectivity index (χ1v) is 6.45. The zero-order valence-electron chi connectivity index (χ0n) is 11.0. The second-order valence-corrected chi connectivity index (χ2v) is 4.66. The van der Waals surface area contributed by atoms with Crippen LogP contribution in [0.5, 0.6) is 5.75 Å². The number of ether oxygens (including phenoxy) is 1. The number of fused-ring (bicyclic) bond motifs is 1. The number of aromatic nitrogens is 1. The molecule has 0 radical (unpaired) electrons. The molecule has 1 aromatic heterocycles. The summed E-state index contributed by atoms with van der Waals surface area (Å²) in [5.74, 6) is 1.11. The Labute approximate surface area is 117 Å². The summed E-state index contributed by atoms with van der Waals surface area (Å²) >= 11 is 0. The molecule has 0 atom stereocenters. The van der Waals surface area contributed by atoms with E-state index < -0.39 is 0 Å². The number of nitrogens with two attached hydrogens (primary N) is 1. The number of anilines is 1. The molecule has 0 saturated carbocycles. The van der Waals surface area contributed by atoms with Crippen LogP contribution in [0.2, 0.25) is 0 Å². The zero-order valence-corrected chi connectivity index (χ0v) is 11.0. The van der Waals surface area contributed by atoms with E-state index in [1.54, 1.807) is 23.2 Å². The molecule has 5 heteroatoms. The highest BCUT2D eigenvalue weighted by Crippen LogP contribution is 2.23. The number of pyridine rings is 1. The van der Waals surface area contributed by atoms with Gasteiger partial charge in [0.2, 0.25) is 0 Å². The molecule has 1 amide bonds. The summed E-state index contributed by atoms with van der Waals surface area (Å²) in [6, 6.07) is 10.9. The Kier molecular flexibility index (Phi) is 3.25. The largest absolute Gasteiger partial charge is 0.491 e. The first-order chi connectivity index (χ1) is 9.74. The van der Waals surface area contributed by atoms with Gasteiger partial charge in [0.25, 0.3) is 5.91 Å². The molecule has 2 aromatic rings. The number of amides is 1. The van der Waals surface area contributed by atoms with Crippen LogP contribution < -0.4 is 10.5 Å². The molecule has 5 nitrogen and oxygen atoms in total. The highest BCUT2D eigenvalue weighted by molar-refractivity contribution is 5.97. The second kappa shape index (κ2) is 5.21. The molecule has 0 bridgehead atoms. The number of carbonyl (C=O) groups is 1. The molecule has 3 rings (SSSR count). The van der Waals surface area contributed by atoms with Crippen LogP contribution in [0, 0.1) is 0 Å². The van der Waals surface area contributed by atoms with E-state index in [4.69, 9.17) is 10.5 Å². The minimum Gasteiger partial charge on any atom is -0.491 e. The van der Waals surface area contributed by atoms with Gasteiger partial charge in [0.1, 0.15) is 18.2 Å². The topological polar surface area (TPSA) is 68.4 Å². The number of hydrogen-bond acceptors (Lipinski definition) is 4. The smallest absolute Gasteiger partial charge is 0.258 e. The lowest BCUT2D eigenvalue weighted by molar-refractivity contribution is 0.0743. The van der Waals surface area contributed by atoms with E-state index in [9.17, 15) is 4.79 Å². The van der Waals surface area contributed by atoms with E-state index in [0.29, 0.717) is 36.8 Å². The van der Waals surface area contributed by atoms with Crippen LogP contribution in [-0.2, 0) is 6.54 Å². The Hall–Kier alpha value is -2.56. The van der Waals surface area contributed by atoms with Crippen molar-refractivity contribution in [3.8, 4) is 5.75 Å². The van der Waals surface area contributed by atoms with E-state index in [0.717, 1.165) is 5.56 Å². The maximum atomic E-state index is 12.5. The minimum atomic E-state index is -0.0186. The fourth-order valence-electron chi connectivity index (χ4n) is 2.21. The number of nitrogen functional groups attached to an aromatic ring is 1. The molecule has 2 heterocycles. The Morgan fingerprint density at radius 1 is 1.25 bits per heavy atom. The van der Waals surface area contributed by atoms with Crippen LogP contribution in [0.15, 0.2) is 42.6 Å². The Balaban J connectivity index is 1.84. The third-order valence-electron chi connectivity index (χ3n) is 3.24. The molecular weight excluding hydrogens is 254 g/mol. The van der Waals surface area contributed by atoms with E-state index >= 15 is 0 Å². The normalized spacial score (nSPS) is 14.4. The number of para-hydroxylation sites is 1. The van der Waals surface area contributed by atoms with Crippen LogP contribution in [-0.4, -0.2) is 28.9 Å². The van der Waals surface area contributed by atoms with Gasteiger partial charge < -0.3 is 15.4 Å². The average Bonchev–Trinajstić information content (AvgIpc) is 2.62. The van der Waals surface area contributed by atoms with E-state index in [1.165, 1.54) is 0 Å². The monoisotopic (exact) mass is 269 g/mol. The minimum absolute atomic E-state index is 0.0186. The Morgan fingerprint density at radius 2 is 2.10 bits per heavy atom. The summed E-state index contributed by atoms with van der Waals surface area (Å²) < 4.78 is 5.61. The van der Waals surface area contributed by atoms with E-state index in [2.05, 4.69) is 4.98 Å². The Bertz CT molecular complexity index is 625. The van der Waals surface area contributed by atoms with Crippen molar-refractivity contribution >= 4 is 11.7 Å². The van der Waals surface area contributed by atoms with Crippen LogP contribution in [0.1, 0.15) is 15.9 Å². The first kappa shape index (κ1) is 12.5. The molecule has 0 aliphatic carbocycles. The molecule has 0 spiro atoms. The number of nitrogens with zero attached hydrogens (tertiary/aromatic N) is 2. The van der Waals surface area contributed by atoms with Crippen LogP contribution >= 0.6 is 0 Å². The number of benzene rings is 1. The molecule has 0 unspecified atom stereocenters. The van der Waals surface area contributed by atoms with Gasteiger partial charge in [0.15, 0.2) is 0 Å². The van der Waals surface area contributed by atoms with Gasteiger partial charge in [-0.25, -0.2) is 4.98 Å². The van der Waals surface area contributed by atoms with Crippen molar-refractivity contribution in [2.45, 2.75) is 6.54 Å². The summed E-state index contributed by atoms with van der Waals surface area (Å²) in [6.45, 7) is 1.55. The van der Waals surface area contributed by atoms with Gasteiger partial charge in [0.05, 0.1) is 12.1 Å². The van der Waals surface area contributed by atoms with Crippen LogP contribution in [0.4, 0.5) is 5.82 Å². The lowest BCUT2D eigenvalue weighted by Gasteiger charge is -2.19. The van der Waals surface area contributed by atoms with Gasteiger partial charge in [0, 0.05) is 12.7 Å². The van der Waals surface area contributed by atoms with Gasteiger partial charge in [-0.3, -0.25) is 4.79 Å². The summed E-state index contributed by atoms with van der Waals surface area (Å²) in [5.41, 5.74) is 7.12. The fourth-order valence-corrected chi connectivity index (χ4v) is 2.21. The molecule has 1 aromatic carbocycles. The third kappa shape index (κ3) is 2.42. The fraction of sp³-hybridized carbons (Fsp3) is 0.200. The molecular formula is C15H15N3O2. The summed E-state index contributed by atoms with van der Waals surface area (Å²) in [6.07, 6.45) is 1.69. The number of hydrogen-bond donors (Lipinski definition) is 1. The highest BCUT2D eigenvalue weighted by Gasteiger charge is 2.23. The molecule has 20 heavy (non-hydrogen) atoms. The van der Waals surface area contributed by atoms with Crippen molar-refractivity contribution < 1.29 is 9.53 Å². The molecule has 102 valence electrons. The maximum absolute atomic E-state index is 12.5. The third-order valence-corrected chi connectivity index (χ3v) is 3.24. The SMILES string of the molecule is Nc1ccc(CN2CCOc3ccccc3C2=O)cn1. The standard InChI is InChI=1S/C15H15N3O2/c16-14-6-5-11(9-17-14)10-18-7-8-20-13-4-2-1-3-12(13)15(18)19/h1-6,9H,7-8,10H2,(H2,16,17). The van der Waals surface area contributed by atoms with Gasteiger partial charge in [-0.15, -0.1) is 0 Å². The molecule has 1 aliphatic rings. The van der Waals surface area contributed by atoms with Gasteiger partial charge in [-0.05, 0) is 23.8 Å². The number of rotatable bonds is 2. The van der Waals surface area contributed by atoms with Crippen LogP contribution in [0.3, 0.4) is 0 Å². The summed E-state index contributed by atoms with van der Waals surface area (Å²) in [4.78, 5) is 18.3. The zero-order chi connectivity index (χ0) is 13.9. The quantitative estimate of drug-likeness (QED) is 0.901. The van der Waals surface area contributed by atoms with Crippen molar-refractivity contribution in [3.05, 3.63) is 53.7 Å². The van der Waals surface area contributed by atoms with Crippen molar-refractivity contribution in [2.75, 3.05) is 18.9 Å². The first-order valence-electron chi connectivity index (χ1n) is 6.45.